The smallest absolute Gasteiger partial charge is 0.324 e. The first-order chi connectivity index (χ1) is 8.45. The van der Waals surface area contributed by atoms with E-state index in [0.29, 0.717) is 6.42 Å². The molecule has 2 amide bonds. The lowest BCUT2D eigenvalue weighted by molar-refractivity contribution is -0.0550. The molecule has 1 fully saturated rings. The number of rotatable bonds is 2. The third kappa shape index (κ3) is 2.11. The summed E-state index contributed by atoms with van der Waals surface area (Å²) in [5.41, 5.74) is 0.972. The summed E-state index contributed by atoms with van der Waals surface area (Å²) < 4.78 is 5.55. The van der Waals surface area contributed by atoms with Crippen molar-refractivity contribution in [2.24, 2.45) is 0 Å². The zero-order chi connectivity index (χ0) is 13.4. The van der Waals surface area contributed by atoms with Crippen molar-refractivity contribution < 1.29 is 19.7 Å². The number of nitrogens with one attached hydrogen (secondary N) is 1. The second-order valence-corrected chi connectivity index (χ2v) is 4.91. The second kappa shape index (κ2) is 4.87. The zero-order valence-electron chi connectivity index (χ0n) is 10.8. The van der Waals surface area contributed by atoms with Crippen molar-refractivity contribution in [2.45, 2.75) is 57.8 Å². The minimum atomic E-state index is -1.09. The summed E-state index contributed by atoms with van der Waals surface area (Å²) in [4.78, 5) is 13.2. The number of aliphatic hydroxyl groups excluding tert-OH is 2. The van der Waals surface area contributed by atoms with Crippen molar-refractivity contribution in [3.8, 4) is 0 Å². The van der Waals surface area contributed by atoms with Crippen LogP contribution in [0.3, 0.4) is 0 Å². The predicted octanol–water partition coefficient (Wildman–Crippen LogP) is 0.161. The van der Waals surface area contributed by atoms with Crippen LogP contribution in [0.1, 0.15) is 27.2 Å². The Morgan fingerprint density at radius 2 is 2.11 bits per heavy atom. The summed E-state index contributed by atoms with van der Waals surface area (Å²) in [7, 11) is 0. The number of aliphatic hydroxyl groups is 2. The van der Waals surface area contributed by atoms with E-state index in [4.69, 9.17) is 4.74 Å². The van der Waals surface area contributed by atoms with Gasteiger partial charge >= 0.3 is 6.03 Å². The topological polar surface area (TPSA) is 82.0 Å². The van der Waals surface area contributed by atoms with Crippen LogP contribution in [0.2, 0.25) is 0 Å². The number of hydrogen-bond acceptors (Lipinski definition) is 4. The van der Waals surface area contributed by atoms with E-state index < -0.39 is 24.5 Å². The Morgan fingerprint density at radius 1 is 1.44 bits per heavy atom. The Morgan fingerprint density at radius 3 is 2.67 bits per heavy atom. The Bertz CT molecular complexity index is 371. The van der Waals surface area contributed by atoms with Crippen LogP contribution in [-0.4, -0.2) is 51.7 Å². The number of carbonyl (C=O) groups is 1. The molecule has 102 valence electrons. The fraction of sp³-hybridized carbons (Fsp3) is 0.750. The van der Waals surface area contributed by atoms with Gasteiger partial charge in [0.15, 0.2) is 6.23 Å². The summed E-state index contributed by atoms with van der Waals surface area (Å²) >= 11 is 0. The lowest BCUT2D eigenvalue weighted by Crippen LogP contribution is -2.53. The van der Waals surface area contributed by atoms with Crippen LogP contribution < -0.4 is 5.32 Å². The molecule has 6 nitrogen and oxygen atoms in total. The van der Waals surface area contributed by atoms with Crippen molar-refractivity contribution in [3.05, 3.63) is 11.8 Å². The van der Waals surface area contributed by atoms with Gasteiger partial charge < -0.3 is 20.3 Å². The number of carbonyl (C=O) groups excluding carboxylic acids is 1. The van der Waals surface area contributed by atoms with E-state index >= 15 is 0 Å². The number of nitrogens with zero attached hydrogens (tertiary/aromatic N) is 1. The van der Waals surface area contributed by atoms with E-state index in [0.717, 1.165) is 5.57 Å². The Hall–Kier alpha value is -1.11. The molecule has 18 heavy (non-hydrogen) atoms. The maximum Gasteiger partial charge on any atom is 0.324 e. The molecule has 2 rings (SSSR count). The van der Waals surface area contributed by atoms with Gasteiger partial charge in [-0.05, 0) is 25.8 Å². The highest BCUT2D eigenvalue weighted by atomic mass is 16.6. The molecule has 0 radical (unpaired) electrons. The van der Waals surface area contributed by atoms with Crippen LogP contribution in [-0.2, 0) is 4.74 Å². The summed E-state index contributed by atoms with van der Waals surface area (Å²) in [6, 6.07) is -0.347. The van der Waals surface area contributed by atoms with E-state index in [9.17, 15) is 15.0 Å². The molecule has 0 saturated carbocycles. The van der Waals surface area contributed by atoms with Gasteiger partial charge in [-0.1, -0.05) is 6.92 Å². The minimum Gasteiger partial charge on any atom is -0.388 e. The molecule has 0 aromatic heterocycles. The third-order valence-electron chi connectivity index (χ3n) is 3.61. The van der Waals surface area contributed by atoms with Gasteiger partial charge in [-0.25, -0.2) is 4.79 Å². The molecular formula is C12H20N2O4. The first-order valence-corrected chi connectivity index (χ1v) is 6.24. The fourth-order valence-electron chi connectivity index (χ4n) is 2.25. The third-order valence-corrected chi connectivity index (χ3v) is 3.61. The molecule has 2 aliphatic heterocycles. The molecule has 0 aromatic carbocycles. The maximum atomic E-state index is 11.9. The predicted molar refractivity (Wildman–Crippen MR) is 64.6 cm³/mol. The molecule has 2 aliphatic rings. The highest BCUT2D eigenvalue weighted by Gasteiger charge is 2.46. The van der Waals surface area contributed by atoms with Crippen molar-refractivity contribution in [2.75, 3.05) is 0 Å². The summed E-state index contributed by atoms with van der Waals surface area (Å²) in [5, 5.41) is 22.5. The average molecular weight is 256 g/mol. The van der Waals surface area contributed by atoms with Gasteiger partial charge in [-0.2, -0.15) is 0 Å². The highest BCUT2D eigenvalue weighted by molar-refractivity contribution is 5.77. The van der Waals surface area contributed by atoms with Gasteiger partial charge in [0.05, 0.1) is 12.1 Å². The number of hydrogen-bond donors (Lipinski definition) is 3. The Balaban J connectivity index is 2.19. The first kappa shape index (κ1) is 13.3. The summed E-state index contributed by atoms with van der Waals surface area (Å²) in [5.74, 6) is 0. The average Bonchev–Trinajstić information content (AvgIpc) is 2.61. The SMILES string of the molecule is CC[C@H]1O[C@@H](N2C=C(C)C(C)NC2=O)[C@@H](O)C1O. The van der Waals surface area contributed by atoms with Gasteiger partial charge in [0, 0.05) is 6.20 Å². The highest BCUT2D eigenvalue weighted by Crippen LogP contribution is 2.28. The van der Waals surface area contributed by atoms with Crippen LogP contribution >= 0.6 is 0 Å². The molecule has 5 atom stereocenters. The Kier molecular flexibility index (Phi) is 3.61. The normalized spacial score (nSPS) is 40.7. The minimum absolute atomic E-state index is 0.0285. The Labute approximate surface area is 106 Å². The fourth-order valence-corrected chi connectivity index (χ4v) is 2.25. The van der Waals surface area contributed by atoms with Crippen LogP contribution in [0.5, 0.6) is 0 Å². The van der Waals surface area contributed by atoms with Gasteiger partial charge in [0.25, 0.3) is 0 Å². The van der Waals surface area contributed by atoms with Crippen LogP contribution in [0, 0.1) is 0 Å². The van der Waals surface area contributed by atoms with E-state index in [1.807, 2.05) is 20.8 Å². The monoisotopic (exact) mass is 256 g/mol. The molecule has 2 unspecified atom stereocenters. The van der Waals surface area contributed by atoms with Crippen LogP contribution in [0.15, 0.2) is 11.8 Å². The van der Waals surface area contributed by atoms with Crippen molar-refractivity contribution in [1.82, 2.24) is 10.2 Å². The molecule has 0 aromatic rings. The lowest BCUT2D eigenvalue weighted by Gasteiger charge is -2.33. The summed E-state index contributed by atoms with van der Waals surface area (Å²) in [6.07, 6.45) is -1.05. The number of ether oxygens (including phenoxy) is 1. The number of urea groups is 1. The molecule has 2 heterocycles. The maximum absolute atomic E-state index is 11.9. The molecule has 0 aliphatic carbocycles. The molecule has 0 spiro atoms. The van der Waals surface area contributed by atoms with Gasteiger partial charge in [-0.3, -0.25) is 4.90 Å². The largest absolute Gasteiger partial charge is 0.388 e. The quantitative estimate of drug-likeness (QED) is 0.657. The summed E-state index contributed by atoms with van der Waals surface area (Å²) in [6.45, 7) is 5.64. The van der Waals surface area contributed by atoms with Crippen LogP contribution in [0.4, 0.5) is 4.79 Å². The van der Waals surface area contributed by atoms with Gasteiger partial charge in [-0.15, -0.1) is 0 Å². The molecule has 3 N–H and O–H groups in total. The van der Waals surface area contributed by atoms with E-state index in [1.54, 1.807) is 6.20 Å². The second-order valence-electron chi connectivity index (χ2n) is 4.91. The lowest BCUT2D eigenvalue weighted by atomic mass is 10.1. The van der Waals surface area contributed by atoms with Gasteiger partial charge in [0.2, 0.25) is 0 Å². The van der Waals surface area contributed by atoms with E-state index in [2.05, 4.69) is 5.32 Å². The van der Waals surface area contributed by atoms with Crippen molar-refractivity contribution in [3.63, 3.8) is 0 Å². The van der Waals surface area contributed by atoms with E-state index in [-0.39, 0.29) is 12.1 Å². The van der Waals surface area contributed by atoms with Crippen LogP contribution in [0.25, 0.3) is 0 Å². The molecule has 6 heteroatoms. The number of amides is 2. The van der Waals surface area contributed by atoms with Gasteiger partial charge in [0.1, 0.15) is 12.2 Å². The molecular weight excluding hydrogens is 236 g/mol. The standard InChI is InChI=1S/C12H20N2O4/c1-4-8-9(15)10(16)11(18-8)14-5-6(2)7(3)13-12(14)17/h5,7-11,15-16H,4H2,1-3H3,(H,13,17)/t7?,8-,9?,10+,11-/m1/s1. The molecule has 1 saturated heterocycles. The van der Waals surface area contributed by atoms with Crippen molar-refractivity contribution in [1.29, 1.82) is 0 Å². The zero-order valence-corrected chi connectivity index (χ0v) is 10.8. The van der Waals surface area contributed by atoms with E-state index in [1.165, 1.54) is 4.90 Å². The first-order valence-electron chi connectivity index (χ1n) is 6.24. The molecule has 0 bridgehead atoms. The van der Waals surface area contributed by atoms with Crippen molar-refractivity contribution >= 4 is 6.03 Å².